The first kappa shape index (κ1) is 21.3. The molecule has 0 spiro atoms. The van der Waals surface area contributed by atoms with E-state index in [1.54, 1.807) is 31.4 Å². The molecule has 156 valence electrons. The van der Waals surface area contributed by atoms with Crippen LogP contribution in [0.2, 0.25) is 0 Å². The van der Waals surface area contributed by atoms with Crippen molar-refractivity contribution in [2.24, 2.45) is 5.92 Å². The van der Waals surface area contributed by atoms with Gasteiger partial charge in [-0.05, 0) is 48.6 Å². The van der Waals surface area contributed by atoms with Crippen LogP contribution in [0, 0.1) is 5.92 Å². The van der Waals surface area contributed by atoms with Crippen molar-refractivity contribution >= 4 is 21.6 Å². The summed E-state index contributed by atoms with van der Waals surface area (Å²) in [6.07, 6.45) is 0.998. The second kappa shape index (κ2) is 8.97. The summed E-state index contributed by atoms with van der Waals surface area (Å²) >= 11 is 0. The van der Waals surface area contributed by atoms with Crippen molar-refractivity contribution in [3.63, 3.8) is 0 Å². The number of hydrogen-bond acceptors (Lipinski definition) is 4. The van der Waals surface area contributed by atoms with Crippen LogP contribution in [-0.2, 0) is 14.8 Å². The Hall–Kier alpha value is -2.38. The number of sulfonamides is 1. The zero-order chi connectivity index (χ0) is 21.0. The smallest absolute Gasteiger partial charge is 0.243 e. The van der Waals surface area contributed by atoms with E-state index in [1.807, 2.05) is 24.3 Å². The SMILES string of the molecule is COc1cccc(NC(=O)C2CCN(S(=O)(=O)c3ccc(C(C)C)cc3)CC2)c1. The molecule has 1 N–H and O–H groups in total. The van der Waals surface area contributed by atoms with Gasteiger partial charge in [0.05, 0.1) is 12.0 Å². The van der Waals surface area contributed by atoms with Crippen molar-refractivity contribution in [3.8, 4) is 5.75 Å². The number of rotatable bonds is 6. The Kier molecular flexibility index (Phi) is 6.59. The largest absolute Gasteiger partial charge is 0.497 e. The van der Waals surface area contributed by atoms with Crippen LogP contribution in [-0.4, -0.2) is 38.8 Å². The number of methoxy groups -OCH3 is 1. The lowest BCUT2D eigenvalue weighted by Crippen LogP contribution is -2.41. The van der Waals surface area contributed by atoms with Crippen LogP contribution in [0.1, 0.15) is 38.2 Å². The number of nitrogens with zero attached hydrogens (tertiary/aromatic N) is 1. The first-order chi connectivity index (χ1) is 13.8. The Morgan fingerprint density at radius 3 is 2.34 bits per heavy atom. The van der Waals surface area contributed by atoms with E-state index in [1.165, 1.54) is 4.31 Å². The van der Waals surface area contributed by atoms with Crippen molar-refractivity contribution in [1.82, 2.24) is 4.31 Å². The molecule has 0 aromatic heterocycles. The zero-order valence-corrected chi connectivity index (χ0v) is 17.9. The third kappa shape index (κ3) is 4.97. The molecule has 1 aliphatic rings. The fourth-order valence-electron chi connectivity index (χ4n) is 3.48. The molecule has 6 nitrogen and oxygen atoms in total. The van der Waals surface area contributed by atoms with E-state index in [9.17, 15) is 13.2 Å². The van der Waals surface area contributed by atoms with E-state index in [0.29, 0.717) is 48.2 Å². The van der Waals surface area contributed by atoms with Crippen molar-refractivity contribution in [2.45, 2.75) is 37.5 Å². The Balaban J connectivity index is 1.61. The van der Waals surface area contributed by atoms with Gasteiger partial charge in [-0.3, -0.25) is 4.79 Å². The van der Waals surface area contributed by atoms with Crippen molar-refractivity contribution < 1.29 is 17.9 Å². The molecule has 0 unspecified atom stereocenters. The molecule has 2 aromatic carbocycles. The van der Waals surface area contributed by atoms with Gasteiger partial charge in [0.15, 0.2) is 0 Å². The Morgan fingerprint density at radius 1 is 1.10 bits per heavy atom. The van der Waals surface area contributed by atoms with E-state index < -0.39 is 10.0 Å². The maximum atomic E-state index is 12.9. The monoisotopic (exact) mass is 416 g/mol. The average Bonchev–Trinajstić information content (AvgIpc) is 2.74. The molecule has 0 bridgehead atoms. The highest BCUT2D eigenvalue weighted by molar-refractivity contribution is 7.89. The van der Waals surface area contributed by atoms with Gasteiger partial charge in [0.25, 0.3) is 0 Å². The van der Waals surface area contributed by atoms with Crippen LogP contribution < -0.4 is 10.1 Å². The van der Waals surface area contributed by atoms with Gasteiger partial charge in [-0.15, -0.1) is 0 Å². The van der Waals surface area contributed by atoms with E-state index >= 15 is 0 Å². The van der Waals surface area contributed by atoms with Gasteiger partial charge in [0, 0.05) is 30.8 Å². The van der Waals surface area contributed by atoms with E-state index in [-0.39, 0.29) is 11.8 Å². The third-order valence-corrected chi connectivity index (χ3v) is 7.26. The van der Waals surface area contributed by atoms with Crippen LogP contribution >= 0.6 is 0 Å². The summed E-state index contributed by atoms with van der Waals surface area (Å²) in [4.78, 5) is 12.9. The lowest BCUT2D eigenvalue weighted by Gasteiger charge is -2.30. The van der Waals surface area contributed by atoms with Crippen molar-refractivity contribution in [1.29, 1.82) is 0 Å². The minimum absolute atomic E-state index is 0.0865. The van der Waals surface area contributed by atoms with Crippen LogP contribution in [0.3, 0.4) is 0 Å². The highest BCUT2D eigenvalue weighted by Crippen LogP contribution is 2.26. The van der Waals surface area contributed by atoms with Gasteiger partial charge in [0.1, 0.15) is 5.75 Å². The first-order valence-corrected chi connectivity index (χ1v) is 11.3. The zero-order valence-electron chi connectivity index (χ0n) is 17.1. The van der Waals surface area contributed by atoms with E-state index in [2.05, 4.69) is 19.2 Å². The number of piperidine rings is 1. The summed E-state index contributed by atoms with van der Waals surface area (Å²) in [5, 5.41) is 2.90. The maximum Gasteiger partial charge on any atom is 0.243 e. The summed E-state index contributed by atoms with van der Waals surface area (Å²) in [6.45, 7) is 4.82. The molecule has 3 rings (SSSR count). The van der Waals surface area contributed by atoms with Gasteiger partial charge in [-0.25, -0.2) is 8.42 Å². The predicted octanol–water partition coefficient (Wildman–Crippen LogP) is 3.86. The second-order valence-electron chi connectivity index (χ2n) is 7.62. The number of carbonyl (C=O) groups is 1. The van der Waals surface area contributed by atoms with Crippen LogP contribution in [0.25, 0.3) is 0 Å². The van der Waals surface area contributed by atoms with Gasteiger partial charge in [0.2, 0.25) is 15.9 Å². The fourth-order valence-corrected chi connectivity index (χ4v) is 4.95. The summed E-state index contributed by atoms with van der Waals surface area (Å²) in [6, 6.07) is 14.3. The number of nitrogens with one attached hydrogen (secondary N) is 1. The quantitative estimate of drug-likeness (QED) is 0.776. The highest BCUT2D eigenvalue weighted by Gasteiger charge is 2.32. The molecule has 0 aliphatic carbocycles. The molecule has 1 amide bonds. The summed E-state index contributed by atoms with van der Waals surface area (Å²) in [5.74, 6) is 0.727. The molecule has 0 saturated carbocycles. The lowest BCUT2D eigenvalue weighted by molar-refractivity contribution is -0.120. The van der Waals surface area contributed by atoms with Crippen molar-refractivity contribution in [3.05, 3.63) is 54.1 Å². The molecule has 29 heavy (non-hydrogen) atoms. The Morgan fingerprint density at radius 2 is 1.76 bits per heavy atom. The highest BCUT2D eigenvalue weighted by atomic mass is 32.2. The third-order valence-electron chi connectivity index (χ3n) is 5.35. The average molecular weight is 417 g/mol. The number of ether oxygens (including phenoxy) is 1. The molecule has 0 atom stereocenters. The molecule has 1 fully saturated rings. The number of anilines is 1. The number of amides is 1. The van der Waals surface area contributed by atoms with Crippen molar-refractivity contribution in [2.75, 3.05) is 25.5 Å². The standard InChI is InChI=1S/C22H28N2O4S/c1-16(2)17-7-9-21(10-8-17)29(26,27)24-13-11-18(12-14-24)22(25)23-19-5-4-6-20(15-19)28-3/h4-10,15-16,18H,11-14H2,1-3H3,(H,23,25). The molecule has 1 saturated heterocycles. The normalized spacial score (nSPS) is 16.0. The molecule has 0 radical (unpaired) electrons. The predicted molar refractivity (Wildman–Crippen MR) is 114 cm³/mol. The first-order valence-electron chi connectivity index (χ1n) is 9.86. The number of benzene rings is 2. The number of carbonyl (C=O) groups excluding carboxylic acids is 1. The van der Waals surface area contributed by atoms with E-state index in [0.717, 1.165) is 5.56 Å². The van der Waals surface area contributed by atoms with Gasteiger partial charge >= 0.3 is 0 Å². The second-order valence-corrected chi connectivity index (χ2v) is 9.56. The molecule has 1 heterocycles. The lowest BCUT2D eigenvalue weighted by atomic mass is 9.97. The fraction of sp³-hybridized carbons (Fsp3) is 0.409. The molecule has 1 aliphatic heterocycles. The molecular formula is C22H28N2O4S. The molecule has 7 heteroatoms. The summed E-state index contributed by atoms with van der Waals surface area (Å²) in [5.41, 5.74) is 1.78. The Bertz CT molecular complexity index is 947. The molecule has 2 aromatic rings. The van der Waals surface area contributed by atoms with Gasteiger partial charge < -0.3 is 10.1 Å². The minimum atomic E-state index is -3.54. The summed E-state index contributed by atoms with van der Waals surface area (Å²) < 4.78 is 32.5. The van der Waals surface area contributed by atoms with Crippen LogP contribution in [0.5, 0.6) is 5.75 Å². The minimum Gasteiger partial charge on any atom is -0.497 e. The maximum absolute atomic E-state index is 12.9. The van der Waals surface area contributed by atoms with Gasteiger partial charge in [-0.2, -0.15) is 4.31 Å². The molecular weight excluding hydrogens is 388 g/mol. The Labute approximate surface area is 172 Å². The number of hydrogen-bond donors (Lipinski definition) is 1. The topological polar surface area (TPSA) is 75.7 Å². The van der Waals surface area contributed by atoms with E-state index in [4.69, 9.17) is 4.74 Å². The van der Waals surface area contributed by atoms with Crippen LogP contribution in [0.15, 0.2) is 53.4 Å². The van der Waals surface area contributed by atoms with Crippen LogP contribution in [0.4, 0.5) is 5.69 Å². The summed E-state index contributed by atoms with van der Waals surface area (Å²) in [7, 11) is -1.96. The van der Waals surface area contributed by atoms with Gasteiger partial charge in [-0.1, -0.05) is 32.0 Å².